The van der Waals surface area contributed by atoms with Crippen LogP contribution in [0.15, 0.2) is 42.0 Å². The summed E-state index contributed by atoms with van der Waals surface area (Å²) in [7, 11) is 0. The summed E-state index contributed by atoms with van der Waals surface area (Å²) in [6, 6.07) is 6.81. The Hall–Kier alpha value is -3.54. The SMILES string of the molecule is C#Cc1cc(F)c(OOC(=O)C2=Cc3ccccc3OC2C(F)(F)F)cc1F. The lowest BCUT2D eigenvalue weighted by Crippen LogP contribution is -2.41. The van der Waals surface area contributed by atoms with Crippen LogP contribution in [0.2, 0.25) is 0 Å². The highest BCUT2D eigenvalue weighted by Gasteiger charge is 2.49. The fourth-order valence-corrected chi connectivity index (χ4v) is 2.38. The number of halogens is 5. The number of para-hydroxylation sites is 1. The van der Waals surface area contributed by atoms with Crippen molar-refractivity contribution in [3.63, 3.8) is 0 Å². The van der Waals surface area contributed by atoms with Gasteiger partial charge in [0.25, 0.3) is 0 Å². The van der Waals surface area contributed by atoms with Crippen molar-refractivity contribution in [1.29, 1.82) is 0 Å². The van der Waals surface area contributed by atoms with Gasteiger partial charge in [0.05, 0.1) is 11.1 Å². The summed E-state index contributed by atoms with van der Waals surface area (Å²) in [4.78, 5) is 20.8. The largest absolute Gasteiger partial charge is 0.475 e. The molecule has 3 rings (SSSR count). The summed E-state index contributed by atoms with van der Waals surface area (Å²) < 4.78 is 72.0. The van der Waals surface area contributed by atoms with Gasteiger partial charge < -0.3 is 4.74 Å². The standard InChI is InChI=1S/C19H9F5O4/c1-2-10-8-14(21)16(9-13(10)20)27-28-18(25)12-7-11-5-3-4-6-15(11)26-17(12)19(22,23)24/h1,3-9,17H. The highest BCUT2D eigenvalue weighted by molar-refractivity contribution is 5.96. The lowest BCUT2D eigenvalue weighted by Gasteiger charge is -2.27. The molecule has 1 aliphatic rings. The number of ether oxygens (including phenoxy) is 1. The molecule has 1 atom stereocenters. The van der Waals surface area contributed by atoms with Crippen LogP contribution in [0.4, 0.5) is 22.0 Å². The van der Waals surface area contributed by atoms with E-state index in [1.807, 2.05) is 5.92 Å². The number of carbonyl (C=O) groups is 1. The van der Waals surface area contributed by atoms with Crippen molar-refractivity contribution in [2.75, 3.05) is 0 Å². The quantitative estimate of drug-likeness (QED) is 0.338. The Morgan fingerprint density at radius 1 is 1.14 bits per heavy atom. The van der Waals surface area contributed by atoms with Crippen molar-refractivity contribution in [2.45, 2.75) is 12.3 Å². The van der Waals surface area contributed by atoms with Crippen LogP contribution in [0.1, 0.15) is 11.1 Å². The predicted molar refractivity (Wildman–Crippen MR) is 85.9 cm³/mol. The first-order valence-electron chi connectivity index (χ1n) is 7.59. The van der Waals surface area contributed by atoms with E-state index in [4.69, 9.17) is 11.2 Å². The van der Waals surface area contributed by atoms with Gasteiger partial charge in [-0.05, 0) is 18.2 Å². The molecule has 0 radical (unpaired) electrons. The normalized spacial score (nSPS) is 15.6. The zero-order chi connectivity index (χ0) is 20.5. The first kappa shape index (κ1) is 19.2. The van der Waals surface area contributed by atoms with Crippen molar-refractivity contribution in [2.24, 2.45) is 0 Å². The van der Waals surface area contributed by atoms with E-state index in [0.29, 0.717) is 12.1 Å². The molecule has 2 aromatic carbocycles. The lowest BCUT2D eigenvalue weighted by atomic mass is 10.0. The number of carbonyl (C=O) groups excluding carboxylic acids is 1. The van der Waals surface area contributed by atoms with E-state index in [9.17, 15) is 26.7 Å². The van der Waals surface area contributed by atoms with Crippen LogP contribution >= 0.6 is 0 Å². The Labute approximate surface area is 155 Å². The smallest absolute Gasteiger partial charge is 0.430 e. The Kier molecular flexibility index (Phi) is 4.96. The van der Waals surface area contributed by atoms with Crippen LogP contribution in [-0.2, 0) is 9.68 Å². The van der Waals surface area contributed by atoms with E-state index in [0.717, 1.165) is 6.08 Å². The number of alkyl halides is 3. The molecule has 2 aromatic rings. The van der Waals surface area contributed by atoms with Crippen LogP contribution in [-0.4, -0.2) is 18.2 Å². The lowest BCUT2D eigenvalue weighted by molar-refractivity contribution is -0.218. The van der Waals surface area contributed by atoms with Crippen LogP contribution in [0, 0.1) is 24.0 Å². The zero-order valence-electron chi connectivity index (χ0n) is 13.7. The molecule has 144 valence electrons. The summed E-state index contributed by atoms with van der Waals surface area (Å²) in [6.07, 6.45) is -1.67. The molecule has 0 saturated heterocycles. The second-order valence-electron chi connectivity index (χ2n) is 5.54. The number of terminal acetylenes is 1. The Bertz CT molecular complexity index is 1000. The van der Waals surface area contributed by atoms with Gasteiger partial charge in [0.2, 0.25) is 11.9 Å². The van der Waals surface area contributed by atoms with Crippen molar-refractivity contribution in [3.8, 4) is 23.8 Å². The minimum Gasteiger partial charge on any atom is -0.475 e. The molecule has 0 fully saturated rings. The van der Waals surface area contributed by atoms with Crippen molar-refractivity contribution < 1.29 is 41.3 Å². The molecule has 1 heterocycles. The second kappa shape index (κ2) is 7.23. The van der Waals surface area contributed by atoms with Crippen LogP contribution in [0.3, 0.4) is 0 Å². The Balaban J connectivity index is 1.85. The van der Waals surface area contributed by atoms with Crippen molar-refractivity contribution >= 4 is 12.0 Å². The molecule has 28 heavy (non-hydrogen) atoms. The summed E-state index contributed by atoms with van der Waals surface area (Å²) >= 11 is 0. The second-order valence-corrected chi connectivity index (χ2v) is 5.54. The Morgan fingerprint density at radius 3 is 2.54 bits per heavy atom. The predicted octanol–water partition coefficient (Wildman–Crippen LogP) is 4.19. The van der Waals surface area contributed by atoms with Gasteiger partial charge in [-0.3, -0.25) is 4.89 Å². The van der Waals surface area contributed by atoms with Gasteiger partial charge in [-0.15, -0.1) is 6.42 Å². The average Bonchev–Trinajstić information content (AvgIpc) is 2.66. The number of fused-ring (bicyclic) bond motifs is 1. The molecular formula is C19H9F5O4. The van der Waals surface area contributed by atoms with E-state index in [1.165, 1.54) is 24.3 Å². The number of hydrogen-bond donors (Lipinski definition) is 0. The number of hydrogen-bond acceptors (Lipinski definition) is 4. The van der Waals surface area contributed by atoms with Crippen molar-refractivity contribution in [3.05, 3.63) is 64.7 Å². The van der Waals surface area contributed by atoms with Gasteiger partial charge >= 0.3 is 12.1 Å². The molecular weight excluding hydrogens is 387 g/mol. The monoisotopic (exact) mass is 396 g/mol. The van der Waals surface area contributed by atoms with E-state index < -0.39 is 46.8 Å². The molecule has 0 spiro atoms. The van der Waals surface area contributed by atoms with E-state index in [1.54, 1.807) is 0 Å². The maximum Gasteiger partial charge on any atom is 0.430 e. The molecule has 0 saturated carbocycles. The summed E-state index contributed by atoms with van der Waals surface area (Å²) in [6.45, 7) is 0. The molecule has 1 unspecified atom stereocenters. The molecule has 0 bridgehead atoms. The molecule has 0 aromatic heterocycles. The molecule has 0 aliphatic carbocycles. The van der Waals surface area contributed by atoms with Crippen LogP contribution in [0.5, 0.6) is 11.5 Å². The summed E-state index contributed by atoms with van der Waals surface area (Å²) in [5.41, 5.74) is -1.13. The number of rotatable bonds is 3. The third kappa shape index (κ3) is 3.76. The van der Waals surface area contributed by atoms with Crippen LogP contribution in [0.25, 0.3) is 6.08 Å². The third-order valence-corrected chi connectivity index (χ3v) is 3.67. The first-order valence-corrected chi connectivity index (χ1v) is 7.59. The first-order chi connectivity index (χ1) is 13.2. The summed E-state index contributed by atoms with van der Waals surface area (Å²) in [5.74, 6) is -2.87. The van der Waals surface area contributed by atoms with Gasteiger partial charge in [0.1, 0.15) is 11.6 Å². The topological polar surface area (TPSA) is 44.8 Å². The van der Waals surface area contributed by atoms with Crippen LogP contribution < -0.4 is 9.62 Å². The fourth-order valence-electron chi connectivity index (χ4n) is 2.38. The number of benzene rings is 2. The molecule has 0 N–H and O–H groups in total. The van der Waals surface area contributed by atoms with E-state index >= 15 is 0 Å². The van der Waals surface area contributed by atoms with Gasteiger partial charge in [-0.1, -0.05) is 24.1 Å². The third-order valence-electron chi connectivity index (χ3n) is 3.67. The highest BCUT2D eigenvalue weighted by atomic mass is 19.4. The minimum atomic E-state index is -4.94. The molecule has 9 heteroatoms. The maximum absolute atomic E-state index is 13.8. The van der Waals surface area contributed by atoms with Gasteiger partial charge in [0.15, 0.2) is 5.82 Å². The molecule has 1 aliphatic heterocycles. The Morgan fingerprint density at radius 2 is 1.86 bits per heavy atom. The fraction of sp³-hybridized carbons (Fsp3) is 0.105. The van der Waals surface area contributed by atoms with Gasteiger partial charge in [0, 0.05) is 11.6 Å². The zero-order valence-corrected chi connectivity index (χ0v) is 13.7. The van der Waals surface area contributed by atoms with Crippen molar-refractivity contribution in [1.82, 2.24) is 0 Å². The van der Waals surface area contributed by atoms with Gasteiger partial charge in [-0.25, -0.2) is 18.5 Å². The molecule has 0 amide bonds. The van der Waals surface area contributed by atoms with E-state index in [2.05, 4.69) is 9.78 Å². The van der Waals surface area contributed by atoms with E-state index in [-0.39, 0.29) is 11.3 Å². The summed E-state index contributed by atoms with van der Waals surface area (Å²) in [5, 5.41) is 0. The van der Waals surface area contributed by atoms with Gasteiger partial charge in [-0.2, -0.15) is 13.2 Å². The highest BCUT2D eigenvalue weighted by Crippen LogP contribution is 2.37. The minimum absolute atomic E-state index is 0.0831. The molecule has 4 nitrogen and oxygen atoms in total. The maximum atomic E-state index is 13.8. The average molecular weight is 396 g/mol.